The summed E-state index contributed by atoms with van der Waals surface area (Å²) in [5.41, 5.74) is 4.46. The molecule has 5 aliphatic rings. The van der Waals surface area contributed by atoms with Crippen LogP contribution in [0.1, 0.15) is 83.6 Å². The van der Waals surface area contributed by atoms with Crippen molar-refractivity contribution in [2.24, 2.45) is 7.05 Å². The van der Waals surface area contributed by atoms with Crippen LogP contribution < -0.4 is 10.1 Å². The Hall–Kier alpha value is -4.65. The van der Waals surface area contributed by atoms with E-state index in [9.17, 15) is 19.2 Å². The molecule has 12 nitrogen and oxygen atoms in total. The van der Waals surface area contributed by atoms with Gasteiger partial charge in [-0.05, 0) is 99.8 Å². The number of aromatic nitrogens is 2. The highest BCUT2D eigenvalue weighted by atomic mass is 16.5. The largest absolute Gasteiger partial charge is 0.492 e. The number of fused-ring (bicyclic) bond motifs is 4. The first-order valence-corrected chi connectivity index (χ1v) is 19.2. The van der Waals surface area contributed by atoms with Gasteiger partial charge in [0.25, 0.3) is 11.8 Å². The van der Waals surface area contributed by atoms with E-state index in [-0.39, 0.29) is 24.0 Å². The Morgan fingerprint density at radius 2 is 1.60 bits per heavy atom. The molecular formula is C41H46N6O6. The predicted molar refractivity (Wildman–Crippen MR) is 198 cm³/mol. The highest BCUT2D eigenvalue weighted by Crippen LogP contribution is 2.38. The van der Waals surface area contributed by atoms with Crippen molar-refractivity contribution in [2.45, 2.75) is 81.6 Å². The minimum Gasteiger partial charge on any atom is -0.492 e. The van der Waals surface area contributed by atoms with Gasteiger partial charge in [0.1, 0.15) is 18.4 Å². The zero-order valence-corrected chi connectivity index (χ0v) is 30.2. The van der Waals surface area contributed by atoms with Gasteiger partial charge in [0.2, 0.25) is 11.8 Å². The van der Waals surface area contributed by atoms with Gasteiger partial charge < -0.3 is 18.9 Å². The summed E-state index contributed by atoms with van der Waals surface area (Å²) >= 11 is 0. The van der Waals surface area contributed by atoms with Crippen molar-refractivity contribution < 1.29 is 28.7 Å². The maximum atomic E-state index is 13.1. The van der Waals surface area contributed by atoms with E-state index in [0.29, 0.717) is 36.5 Å². The number of imide groups is 2. The monoisotopic (exact) mass is 718 g/mol. The van der Waals surface area contributed by atoms with Crippen molar-refractivity contribution in [1.82, 2.24) is 29.6 Å². The van der Waals surface area contributed by atoms with Crippen LogP contribution in [-0.2, 0) is 21.4 Å². The molecule has 276 valence electrons. The van der Waals surface area contributed by atoms with Crippen molar-refractivity contribution >= 4 is 45.4 Å². The summed E-state index contributed by atoms with van der Waals surface area (Å²) < 4.78 is 14.9. The molecule has 0 spiro atoms. The summed E-state index contributed by atoms with van der Waals surface area (Å²) in [7, 11) is 2.16. The number of rotatable bonds is 9. The van der Waals surface area contributed by atoms with Gasteiger partial charge in [0.05, 0.1) is 28.9 Å². The summed E-state index contributed by atoms with van der Waals surface area (Å²) in [5, 5.41) is 4.73. The Morgan fingerprint density at radius 3 is 2.40 bits per heavy atom. The fourth-order valence-electron chi connectivity index (χ4n) is 9.24. The van der Waals surface area contributed by atoms with Crippen LogP contribution in [0.3, 0.4) is 0 Å². The number of amides is 4. The van der Waals surface area contributed by atoms with E-state index in [2.05, 4.69) is 56.0 Å². The summed E-state index contributed by atoms with van der Waals surface area (Å²) in [4.78, 5) is 60.4. The molecule has 0 radical (unpaired) electrons. The molecule has 53 heavy (non-hydrogen) atoms. The van der Waals surface area contributed by atoms with E-state index >= 15 is 0 Å². The molecule has 1 atom stereocenters. The van der Waals surface area contributed by atoms with Crippen LogP contribution in [-0.4, -0.2) is 112 Å². The number of pyridine rings is 1. The van der Waals surface area contributed by atoms with Gasteiger partial charge in [-0.3, -0.25) is 39.3 Å². The molecule has 3 saturated heterocycles. The number of nitrogens with one attached hydrogen (secondary N) is 1. The molecular weight excluding hydrogens is 672 g/mol. The van der Waals surface area contributed by atoms with Gasteiger partial charge >= 0.3 is 0 Å². The molecule has 0 bridgehead atoms. The van der Waals surface area contributed by atoms with Gasteiger partial charge in [-0.2, -0.15) is 0 Å². The number of piperidine rings is 3. The lowest BCUT2D eigenvalue weighted by molar-refractivity contribution is -0.136. The number of hydrogen-bond acceptors (Lipinski definition) is 9. The summed E-state index contributed by atoms with van der Waals surface area (Å²) in [6.07, 6.45) is 11.4. The third-order valence-electron chi connectivity index (χ3n) is 12.4. The summed E-state index contributed by atoms with van der Waals surface area (Å²) in [6, 6.07) is 13.7. The van der Waals surface area contributed by atoms with E-state index in [1.54, 1.807) is 18.2 Å². The standard InChI is InChI=1S/C41H46N6O6/c1-44-35-8-13-42-24-34(35)31-4-2-26(20-37(31)44)25-9-16-46(17-10-25)27-21-30(22-27)53-28-11-14-45(15-12-28)18-19-52-29-3-5-32-33(23-29)41(51)47(40(32)50)36-6-7-38(48)43-39(36)49/h2-5,8,13,20,23-25,27-28,30,36H,6-7,9-12,14-19,21-22H2,1H3,(H,43,48,49)/t27-,30-,36?. The average Bonchev–Trinajstić information content (AvgIpc) is 3.58. The number of carbonyl (C=O) groups excluding carboxylic acids is 4. The zero-order chi connectivity index (χ0) is 36.2. The van der Waals surface area contributed by atoms with Gasteiger partial charge in [-0.1, -0.05) is 12.1 Å². The highest BCUT2D eigenvalue weighted by molar-refractivity contribution is 6.23. The number of ether oxygens (including phenoxy) is 2. The van der Waals surface area contributed by atoms with Crippen LogP contribution in [0.4, 0.5) is 0 Å². The molecule has 4 amide bonds. The molecule has 9 rings (SSSR count). The Morgan fingerprint density at radius 1 is 0.811 bits per heavy atom. The molecule has 1 aliphatic carbocycles. The van der Waals surface area contributed by atoms with Crippen molar-refractivity contribution in [3.8, 4) is 5.75 Å². The minimum absolute atomic E-state index is 0.0906. The van der Waals surface area contributed by atoms with Crippen molar-refractivity contribution in [1.29, 1.82) is 0 Å². The Kier molecular flexibility index (Phi) is 8.99. The van der Waals surface area contributed by atoms with E-state index in [0.717, 1.165) is 63.3 Å². The van der Waals surface area contributed by atoms with Gasteiger partial charge in [-0.15, -0.1) is 0 Å². The van der Waals surface area contributed by atoms with E-state index in [4.69, 9.17) is 9.47 Å². The van der Waals surface area contributed by atoms with Crippen molar-refractivity contribution in [2.75, 3.05) is 39.3 Å². The van der Waals surface area contributed by atoms with E-state index in [1.165, 1.54) is 40.2 Å². The lowest BCUT2D eigenvalue weighted by Crippen LogP contribution is -2.54. The predicted octanol–water partition coefficient (Wildman–Crippen LogP) is 4.40. The Labute approximate surface area is 308 Å². The summed E-state index contributed by atoms with van der Waals surface area (Å²) in [5.74, 6) is -0.935. The van der Waals surface area contributed by atoms with Gasteiger partial charge in [0, 0.05) is 67.8 Å². The third-order valence-corrected chi connectivity index (χ3v) is 12.4. The topological polar surface area (TPSA) is 126 Å². The fourth-order valence-corrected chi connectivity index (χ4v) is 9.24. The fraction of sp³-hybridized carbons (Fsp3) is 0.488. The van der Waals surface area contributed by atoms with Crippen molar-refractivity contribution in [3.05, 3.63) is 71.5 Å². The van der Waals surface area contributed by atoms with Crippen LogP contribution in [0.25, 0.3) is 21.8 Å². The number of benzene rings is 2. The number of hydrogen-bond donors (Lipinski definition) is 1. The second kappa shape index (κ2) is 14.0. The number of aryl methyl sites for hydroxylation is 1. The Balaban J connectivity index is 0.686. The van der Waals surface area contributed by atoms with Crippen LogP contribution in [0.15, 0.2) is 54.9 Å². The van der Waals surface area contributed by atoms with Crippen molar-refractivity contribution in [3.63, 3.8) is 0 Å². The lowest BCUT2D eigenvalue weighted by Gasteiger charge is -2.47. The normalized spacial score (nSPS) is 24.9. The van der Waals surface area contributed by atoms with Gasteiger partial charge in [-0.25, -0.2) is 0 Å². The molecule has 2 aromatic carbocycles. The van der Waals surface area contributed by atoms with Crippen LogP contribution in [0.5, 0.6) is 5.75 Å². The third kappa shape index (κ3) is 6.40. The van der Waals surface area contributed by atoms with E-state index in [1.807, 2.05) is 12.4 Å². The first-order chi connectivity index (χ1) is 25.8. The highest BCUT2D eigenvalue weighted by Gasteiger charge is 2.45. The van der Waals surface area contributed by atoms with Gasteiger partial charge in [0.15, 0.2) is 0 Å². The first-order valence-electron chi connectivity index (χ1n) is 19.2. The quantitative estimate of drug-likeness (QED) is 0.251. The average molecular weight is 719 g/mol. The van der Waals surface area contributed by atoms with E-state index < -0.39 is 29.7 Å². The second-order valence-corrected chi connectivity index (χ2v) is 15.5. The lowest BCUT2D eigenvalue weighted by atomic mass is 9.83. The molecule has 2 aromatic heterocycles. The second-order valence-electron chi connectivity index (χ2n) is 15.5. The number of likely N-dealkylation sites (tertiary alicyclic amines) is 2. The molecule has 1 unspecified atom stereocenters. The molecule has 1 saturated carbocycles. The number of carbonyl (C=O) groups is 4. The van der Waals surface area contributed by atoms with Crippen LogP contribution in [0.2, 0.25) is 0 Å². The SMILES string of the molecule is Cn1c2ccncc2c2ccc(C3CCN([C@H]4C[C@H](OC5CCN(CCOc6ccc7c(c6)C(=O)N(C6CCC(=O)NC6=O)C7=O)CC5)C4)CC3)cc21. The number of nitrogens with zero attached hydrogens (tertiary/aromatic N) is 5. The molecule has 4 fully saturated rings. The Bertz CT molecular complexity index is 2090. The minimum atomic E-state index is -0.979. The van der Waals surface area contributed by atoms with Crippen LogP contribution >= 0.6 is 0 Å². The van der Waals surface area contributed by atoms with Crippen LogP contribution in [0, 0.1) is 0 Å². The smallest absolute Gasteiger partial charge is 0.262 e. The molecule has 6 heterocycles. The maximum Gasteiger partial charge on any atom is 0.262 e. The molecule has 1 N–H and O–H groups in total. The maximum absolute atomic E-state index is 13.1. The molecule has 4 aromatic rings. The molecule has 12 heteroatoms. The summed E-state index contributed by atoms with van der Waals surface area (Å²) in [6.45, 7) is 5.43. The first kappa shape index (κ1) is 34.1. The molecule has 4 aliphatic heterocycles. The zero-order valence-electron chi connectivity index (χ0n) is 30.2.